The molecule has 2 aromatic rings. The van der Waals surface area contributed by atoms with E-state index in [-0.39, 0.29) is 12.4 Å². The zero-order chi connectivity index (χ0) is 14.4. The molecule has 0 saturated carbocycles. The van der Waals surface area contributed by atoms with Crippen LogP contribution in [0.5, 0.6) is 5.75 Å². The molecule has 4 nitrogen and oxygen atoms in total. The molecule has 2 aromatic carbocycles. The summed E-state index contributed by atoms with van der Waals surface area (Å²) < 4.78 is 10.3. The summed E-state index contributed by atoms with van der Waals surface area (Å²) in [4.78, 5) is 11.4. The molecular formula is C16H18ClNO3. The number of hydrogen-bond donors (Lipinski definition) is 1. The van der Waals surface area contributed by atoms with Gasteiger partial charge in [-0.25, -0.2) is 0 Å². The average molecular weight is 308 g/mol. The third kappa shape index (κ3) is 4.77. The standard InChI is InChI=1S/C16H17NO3.ClH/c1-19-16(18)15(17)13-8-5-9-14(10-13)20-11-12-6-3-2-4-7-12;/h2-10,15H,11,17H2,1H3;1H/t15-;/m1./s1. The topological polar surface area (TPSA) is 61.5 Å². The number of carbonyl (C=O) groups excluding carboxylic acids is 1. The van der Waals surface area contributed by atoms with Crippen molar-refractivity contribution in [1.82, 2.24) is 0 Å². The van der Waals surface area contributed by atoms with Gasteiger partial charge in [-0.15, -0.1) is 12.4 Å². The van der Waals surface area contributed by atoms with Crippen LogP contribution in [0.25, 0.3) is 0 Å². The van der Waals surface area contributed by atoms with E-state index in [2.05, 4.69) is 4.74 Å². The van der Waals surface area contributed by atoms with Crippen LogP contribution in [-0.2, 0) is 16.1 Å². The summed E-state index contributed by atoms with van der Waals surface area (Å²) in [5.41, 5.74) is 7.54. The first kappa shape index (κ1) is 17.0. The molecule has 112 valence electrons. The molecule has 0 unspecified atom stereocenters. The highest BCUT2D eigenvalue weighted by atomic mass is 35.5. The second-order valence-corrected chi connectivity index (χ2v) is 4.35. The quantitative estimate of drug-likeness (QED) is 0.863. The molecule has 2 rings (SSSR count). The Bertz CT molecular complexity index is 575. The summed E-state index contributed by atoms with van der Waals surface area (Å²) in [7, 11) is 1.32. The van der Waals surface area contributed by atoms with Crippen molar-refractivity contribution in [3.05, 3.63) is 65.7 Å². The van der Waals surface area contributed by atoms with Gasteiger partial charge in [0, 0.05) is 0 Å². The van der Waals surface area contributed by atoms with Crippen molar-refractivity contribution < 1.29 is 14.3 Å². The maximum absolute atomic E-state index is 11.4. The van der Waals surface area contributed by atoms with Crippen LogP contribution in [0, 0.1) is 0 Å². The van der Waals surface area contributed by atoms with Crippen LogP contribution < -0.4 is 10.5 Å². The van der Waals surface area contributed by atoms with Gasteiger partial charge in [-0.3, -0.25) is 4.79 Å². The lowest BCUT2D eigenvalue weighted by atomic mass is 10.1. The highest BCUT2D eigenvalue weighted by Crippen LogP contribution is 2.19. The van der Waals surface area contributed by atoms with Crippen LogP contribution in [0.15, 0.2) is 54.6 Å². The molecule has 5 heteroatoms. The highest BCUT2D eigenvalue weighted by molar-refractivity contribution is 5.85. The molecule has 0 saturated heterocycles. The van der Waals surface area contributed by atoms with E-state index in [9.17, 15) is 4.79 Å². The van der Waals surface area contributed by atoms with Crippen LogP contribution in [-0.4, -0.2) is 13.1 Å². The third-order valence-electron chi connectivity index (χ3n) is 2.92. The van der Waals surface area contributed by atoms with Crippen molar-refractivity contribution in [2.75, 3.05) is 7.11 Å². The first-order valence-electron chi connectivity index (χ1n) is 6.31. The molecule has 2 N–H and O–H groups in total. The zero-order valence-corrected chi connectivity index (χ0v) is 12.5. The normalized spacial score (nSPS) is 11.1. The molecular weight excluding hydrogens is 290 g/mol. The van der Waals surface area contributed by atoms with Crippen LogP contribution in [0.4, 0.5) is 0 Å². The zero-order valence-electron chi connectivity index (χ0n) is 11.7. The van der Waals surface area contributed by atoms with Gasteiger partial charge in [0.1, 0.15) is 18.4 Å². The van der Waals surface area contributed by atoms with Gasteiger partial charge in [-0.05, 0) is 23.3 Å². The minimum atomic E-state index is -0.791. The first-order valence-corrected chi connectivity index (χ1v) is 6.31. The molecule has 0 radical (unpaired) electrons. The third-order valence-corrected chi connectivity index (χ3v) is 2.92. The average Bonchev–Trinajstić information content (AvgIpc) is 2.52. The maximum Gasteiger partial charge on any atom is 0.327 e. The van der Waals surface area contributed by atoms with Crippen molar-refractivity contribution in [3.63, 3.8) is 0 Å². The number of benzene rings is 2. The van der Waals surface area contributed by atoms with E-state index in [0.29, 0.717) is 17.9 Å². The Hall–Kier alpha value is -2.04. The smallest absolute Gasteiger partial charge is 0.327 e. The molecule has 21 heavy (non-hydrogen) atoms. The molecule has 0 aromatic heterocycles. The van der Waals surface area contributed by atoms with Gasteiger partial charge in [0.05, 0.1) is 7.11 Å². The van der Waals surface area contributed by atoms with E-state index >= 15 is 0 Å². The summed E-state index contributed by atoms with van der Waals surface area (Å²) in [6.45, 7) is 0.470. The van der Waals surface area contributed by atoms with E-state index in [1.54, 1.807) is 18.2 Å². The predicted molar refractivity (Wildman–Crippen MR) is 83.4 cm³/mol. The number of ether oxygens (including phenoxy) is 2. The molecule has 0 spiro atoms. The molecule has 0 heterocycles. The largest absolute Gasteiger partial charge is 0.489 e. The minimum Gasteiger partial charge on any atom is -0.489 e. The van der Waals surface area contributed by atoms with E-state index in [1.807, 2.05) is 36.4 Å². The molecule has 0 bridgehead atoms. The number of carbonyl (C=O) groups is 1. The minimum absolute atomic E-state index is 0. The maximum atomic E-state index is 11.4. The van der Waals surface area contributed by atoms with Gasteiger partial charge in [-0.1, -0.05) is 42.5 Å². The number of halogens is 1. The summed E-state index contributed by atoms with van der Waals surface area (Å²) in [6, 6.07) is 16.2. The van der Waals surface area contributed by atoms with Crippen LogP contribution in [0.1, 0.15) is 17.2 Å². The van der Waals surface area contributed by atoms with Crippen molar-refractivity contribution in [2.24, 2.45) is 5.73 Å². The summed E-state index contributed by atoms with van der Waals surface area (Å²) in [6.07, 6.45) is 0. The monoisotopic (exact) mass is 307 g/mol. The van der Waals surface area contributed by atoms with Gasteiger partial charge in [0.2, 0.25) is 0 Å². The number of methoxy groups -OCH3 is 1. The van der Waals surface area contributed by atoms with Gasteiger partial charge in [0.25, 0.3) is 0 Å². The van der Waals surface area contributed by atoms with Gasteiger partial charge in [-0.2, -0.15) is 0 Å². The summed E-state index contributed by atoms with van der Waals surface area (Å²) in [5, 5.41) is 0. The molecule has 0 aliphatic carbocycles. The van der Waals surface area contributed by atoms with Crippen LogP contribution in [0.3, 0.4) is 0 Å². The summed E-state index contributed by atoms with van der Waals surface area (Å²) in [5.74, 6) is 0.205. The second-order valence-electron chi connectivity index (χ2n) is 4.35. The fraction of sp³-hybridized carbons (Fsp3) is 0.188. The molecule has 0 fully saturated rings. The Kier molecular flexibility index (Phi) is 6.72. The van der Waals surface area contributed by atoms with Crippen molar-refractivity contribution in [1.29, 1.82) is 0 Å². The van der Waals surface area contributed by atoms with E-state index < -0.39 is 12.0 Å². The Morgan fingerprint density at radius 2 is 1.86 bits per heavy atom. The molecule has 0 amide bonds. The Morgan fingerprint density at radius 1 is 1.14 bits per heavy atom. The Morgan fingerprint density at radius 3 is 2.52 bits per heavy atom. The van der Waals surface area contributed by atoms with Gasteiger partial charge in [0.15, 0.2) is 0 Å². The van der Waals surface area contributed by atoms with Crippen LogP contribution >= 0.6 is 12.4 Å². The number of nitrogens with two attached hydrogens (primary N) is 1. The van der Waals surface area contributed by atoms with Gasteiger partial charge >= 0.3 is 5.97 Å². The molecule has 0 aliphatic heterocycles. The van der Waals surface area contributed by atoms with E-state index in [0.717, 1.165) is 5.56 Å². The molecule has 1 atom stereocenters. The Labute approximate surface area is 130 Å². The SMILES string of the molecule is COC(=O)[C@H](N)c1cccc(OCc2ccccc2)c1.Cl. The summed E-state index contributed by atoms with van der Waals surface area (Å²) >= 11 is 0. The van der Waals surface area contributed by atoms with Crippen molar-refractivity contribution in [3.8, 4) is 5.75 Å². The lowest BCUT2D eigenvalue weighted by Crippen LogP contribution is -2.22. The van der Waals surface area contributed by atoms with Crippen LogP contribution in [0.2, 0.25) is 0 Å². The first-order chi connectivity index (χ1) is 9.70. The lowest BCUT2D eigenvalue weighted by Gasteiger charge is -2.12. The second kappa shape index (κ2) is 8.29. The number of esters is 1. The van der Waals surface area contributed by atoms with E-state index in [4.69, 9.17) is 10.5 Å². The van der Waals surface area contributed by atoms with Crippen molar-refractivity contribution >= 4 is 18.4 Å². The fourth-order valence-corrected chi connectivity index (χ4v) is 1.80. The van der Waals surface area contributed by atoms with E-state index in [1.165, 1.54) is 7.11 Å². The van der Waals surface area contributed by atoms with Gasteiger partial charge < -0.3 is 15.2 Å². The predicted octanol–water partition coefficient (Wildman–Crippen LogP) is 2.86. The Balaban J connectivity index is 0.00000220. The lowest BCUT2D eigenvalue weighted by molar-refractivity contribution is -0.142. The van der Waals surface area contributed by atoms with Crippen molar-refractivity contribution in [2.45, 2.75) is 12.6 Å². The fourth-order valence-electron chi connectivity index (χ4n) is 1.80. The number of hydrogen-bond acceptors (Lipinski definition) is 4. The molecule has 0 aliphatic rings. The highest BCUT2D eigenvalue weighted by Gasteiger charge is 2.16. The number of rotatable bonds is 5.